The Morgan fingerprint density at radius 3 is 2.47 bits per heavy atom. The standard InChI is InChI=1S/C12H15N3O4/c1-14-9(11(17)18)6-10(16)7-4-2-3-5-8(7)15-12(13)19/h2-5,9,14H,6H2,1H3,(H,17,18)(H3,13,15,19). The van der Waals surface area contributed by atoms with E-state index >= 15 is 0 Å². The van der Waals surface area contributed by atoms with E-state index in [1.807, 2.05) is 0 Å². The maximum atomic E-state index is 12.0. The Hall–Kier alpha value is -2.41. The first-order valence-corrected chi connectivity index (χ1v) is 5.54. The van der Waals surface area contributed by atoms with Gasteiger partial charge in [-0.25, -0.2) is 4.79 Å². The highest BCUT2D eigenvalue weighted by molar-refractivity contribution is 6.05. The molecule has 0 aliphatic heterocycles. The molecule has 102 valence electrons. The van der Waals surface area contributed by atoms with E-state index in [4.69, 9.17) is 10.8 Å². The number of ketones is 1. The summed E-state index contributed by atoms with van der Waals surface area (Å²) in [5.41, 5.74) is 5.49. The first kappa shape index (κ1) is 14.7. The minimum Gasteiger partial charge on any atom is -0.480 e. The largest absolute Gasteiger partial charge is 0.480 e. The molecule has 1 unspecified atom stereocenters. The van der Waals surface area contributed by atoms with Crippen LogP contribution in [0.3, 0.4) is 0 Å². The molecule has 2 amide bonds. The van der Waals surface area contributed by atoms with Crippen molar-refractivity contribution in [3.8, 4) is 0 Å². The number of benzene rings is 1. The minimum absolute atomic E-state index is 0.219. The summed E-state index contributed by atoms with van der Waals surface area (Å²) in [6.45, 7) is 0. The summed E-state index contributed by atoms with van der Waals surface area (Å²) in [5.74, 6) is -1.51. The van der Waals surface area contributed by atoms with E-state index < -0.39 is 23.8 Å². The first-order chi connectivity index (χ1) is 8.95. The molecule has 5 N–H and O–H groups in total. The van der Waals surface area contributed by atoms with Crippen LogP contribution in [0.25, 0.3) is 0 Å². The van der Waals surface area contributed by atoms with Crippen LogP contribution in [0.1, 0.15) is 16.8 Å². The van der Waals surface area contributed by atoms with Gasteiger partial charge in [0.2, 0.25) is 0 Å². The van der Waals surface area contributed by atoms with Gasteiger partial charge in [-0.05, 0) is 19.2 Å². The van der Waals surface area contributed by atoms with Crippen LogP contribution in [-0.2, 0) is 4.79 Å². The summed E-state index contributed by atoms with van der Waals surface area (Å²) in [5, 5.41) is 13.7. The Balaban J connectivity index is 2.93. The molecule has 0 aliphatic rings. The number of carboxylic acids is 1. The zero-order valence-corrected chi connectivity index (χ0v) is 10.3. The molecule has 7 nitrogen and oxygen atoms in total. The number of hydrogen-bond acceptors (Lipinski definition) is 4. The predicted molar refractivity (Wildman–Crippen MR) is 69.1 cm³/mol. The van der Waals surface area contributed by atoms with Crippen LogP contribution in [-0.4, -0.2) is 36.0 Å². The molecule has 0 spiro atoms. The molecule has 0 saturated carbocycles. The van der Waals surface area contributed by atoms with E-state index in [0.29, 0.717) is 0 Å². The molecule has 0 radical (unpaired) electrons. The highest BCUT2D eigenvalue weighted by Gasteiger charge is 2.21. The number of carboxylic acid groups (broad SMARTS) is 1. The van der Waals surface area contributed by atoms with Crippen LogP contribution in [0.5, 0.6) is 0 Å². The number of Topliss-reactive ketones (excluding diaryl/α,β-unsaturated/α-hetero) is 1. The molecule has 0 bridgehead atoms. The number of urea groups is 1. The molecule has 7 heteroatoms. The van der Waals surface area contributed by atoms with Crippen LogP contribution in [0.2, 0.25) is 0 Å². The number of anilines is 1. The van der Waals surface area contributed by atoms with Crippen molar-refractivity contribution < 1.29 is 19.5 Å². The van der Waals surface area contributed by atoms with Crippen molar-refractivity contribution in [2.24, 2.45) is 5.73 Å². The van der Waals surface area contributed by atoms with Gasteiger partial charge in [0.05, 0.1) is 5.69 Å². The van der Waals surface area contributed by atoms with Crippen molar-refractivity contribution in [3.63, 3.8) is 0 Å². The van der Waals surface area contributed by atoms with Crippen LogP contribution in [0, 0.1) is 0 Å². The average Bonchev–Trinajstić information content (AvgIpc) is 2.35. The molecule has 0 aromatic heterocycles. The Kier molecular flexibility index (Phi) is 5.01. The fourth-order valence-electron chi connectivity index (χ4n) is 1.58. The number of rotatable bonds is 6. The molecule has 1 aromatic rings. The topological polar surface area (TPSA) is 122 Å². The Labute approximate surface area is 109 Å². The van der Waals surface area contributed by atoms with Crippen LogP contribution < -0.4 is 16.4 Å². The molecule has 1 aromatic carbocycles. The molecule has 0 saturated heterocycles. The number of aliphatic carboxylic acids is 1. The molecule has 0 heterocycles. The quantitative estimate of drug-likeness (QED) is 0.555. The van der Waals surface area contributed by atoms with E-state index in [1.165, 1.54) is 19.2 Å². The van der Waals surface area contributed by atoms with Crippen molar-refractivity contribution in [1.82, 2.24) is 5.32 Å². The SMILES string of the molecule is CNC(CC(=O)c1ccccc1NC(N)=O)C(=O)O. The van der Waals surface area contributed by atoms with Gasteiger partial charge in [-0.3, -0.25) is 9.59 Å². The van der Waals surface area contributed by atoms with E-state index in [9.17, 15) is 14.4 Å². The summed E-state index contributed by atoms with van der Waals surface area (Å²) in [7, 11) is 1.46. The zero-order valence-electron chi connectivity index (χ0n) is 10.3. The van der Waals surface area contributed by atoms with E-state index in [-0.39, 0.29) is 17.7 Å². The number of nitrogens with two attached hydrogens (primary N) is 1. The molecule has 0 fully saturated rings. The summed E-state index contributed by atoms with van der Waals surface area (Å²) < 4.78 is 0. The third-order valence-corrected chi connectivity index (χ3v) is 2.52. The third kappa shape index (κ3) is 4.07. The highest BCUT2D eigenvalue weighted by Crippen LogP contribution is 2.17. The van der Waals surface area contributed by atoms with Crippen molar-refractivity contribution in [3.05, 3.63) is 29.8 Å². The number of carbonyl (C=O) groups is 3. The lowest BCUT2D eigenvalue weighted by Crippen LogP contribution is -2.36. The molecular weight excluding hydrogens is 250 g/mol. The number of primary amides is 1. The summed E-state index contributed by atoms with van der Waals surface area (Å²) in [6, 6.07) is 4.51. The van der Waals surface area contributed by atoms with E-state index in [0.717, 1.165) is 0 Å². The molecule has 1 atom stereocenters. The van der Waals surface area contributed by atoms with E-state index in [2.05, 4.69) is 10.6 Å². The van der Waals surface area contributed by atoms with Crippen molar-refractivity contribution in [2.75, 3.05) is 12.4 Å². The lowest BCUT2D eigenvalue weighted by atomic mass is 10.0. The summed E-state index contributed by atoms with van der Waals surface area (Å²) in [4.78, 5) is 33.7. The Morgan fingerprint density at radius 2 is 1.95 bits per heavy atom. The van der Waals surface area contributed by atoms with Crippen molar-refractivity contribution in [1.29, 1.82) is 0 Å². The second-order valence-electron chi connectivity index (χ2n) is 3.84. The fourth-order valence-corrected chi connectivity index (χ4v) is 1.58. The van der Waals surface area contributed by atoms with Gasteiger partial charge in [0.25, 0.3) is 0 Å². The lowest BCUT2D eigenvalue weighted by molar-refractivity contribution is -0.139. The van der Waals surface area contributed by atoms with Gasteiger partial charge in [0, 0.05) is 12.0 Å². The number of amides is 2. The number of carbonyl (C=O) groups excluding carboxylic acids is 2. The minimum atomic E-state index is -1.11. The lowest BCUT2D eigenvalue weighted by Gasteiger charge is -2.12. The van der Waals surface area contributed by atoms with Crippen LogP contribution in [0.4, 0.5) is 10.5 Å². The fraction of sp³-hybridized carbons (Fsp3) is 0.250. The van der Waals surface area contributed by atoms with Crippen LogP contribution in [0.15, 0.2) is 24.3 Å². The van der Waals surface area contributed by atoms with Gasteiger partial charge in [-0.2, -0.15) is 0 Å². The number of nitrogens with one attached hydrogen (secondary N) is 2. The second-order valence-corrected chi connectivity index (χ2v) is 3.84. The van der Waals surface area contributed by atoms with Gasteiger partial charge >= 0.3 is 12.0 Å². The Morgan fingerprint density at radius 1 is 1.32 bits per heavy atom. The van der Waals surface area contributed by atoms with Crippen molar-refractivity contribution >= 4 is 23.5 Å². The van der Waals surface area contributed by atoms with Gasteiger partial charge in [-0.15, -0.1) is 0 Å². The van der Waals surface area contributed by atoms with Gasteiger partial charge in [0.15, 0.2) is 5.78 Å². The maximum Gasteiger partial charge on any atom is 0.321 e. The zero-order chi connectivity index (χ0) is 14.4. The van der Waals surface area contributed by atoms with Gasteiger partial charge in [0.1, 0.15) is 6.04 Å². The number of hydrogen-bond donors (Lipinski definition) is 4. The molecule has 0 aliphatic carbocycles. The smallest absolute Gasteiger partial charge is 0.321 e. The summed E-state index contributed by atoms with van der Waals surface area (Å²) in [6.07, 6.45) is -0.219. The predicted octanol–water partition coefficient (Wildman–Crippen LogP) is 0.423. The van der Waals surface area contributed by atoms with Gasteiger partial charge in [-0.1, -0.05) is 12.1 Å². The average molecular weight is 265 g/mol. The monoisotopic (exact) mass is 265 g/mol. The normalized spacial score (nSPS) is 11.6. The Bertz CT molecular complexity index is 502. The number of likely N-dealkylation sites (N-methyl/N-ethyl adjacent to an activating group) is 1. The maximum absolute atomic E-state index is 12.0. The first-order valence-electron chi connectivity index (χ1n) is 5.54. The third-order valence-electron chi connectivity index (χ3n) is 2.52. The summed E-state index contributed by atoms with van der Waals surface area (Å²) >= 11 is 0. The van der Waals surface area contributed by atoms with Crippen molar-refractivity contribution in [2.45, 2.75) is 12.5 Å². The molecular formula is C12H15N3O4. The highest BCUT2D eigenvalue weighted by atomic mass is 16.4. The number of para-hydroxylation sites is 1. The van der Waals surface area contributed by atoms with E-state index in [1.54, 1.807) is 12.1 Å². The van der Waals surface area contributed by atoms with Gasteiger partial charge < -0.3 is 21.5 Å². The second kappa shape index (κ2) is 6.50. The van der Waals surface area contributed by atoms with Crippen LogP contribution >= 0.6 is 0 Å². The molecule has 1 rings (SSSR count). The molecule has 19 heavy (non-hydrogen) atoms.